The molecule has 0 bridgehead atoms. The van der Waals surface area contributed by atoms with Gasteiger partial charge in [0.2, 0.25) is 5.16 Å². The van der Waals surface area contributed by atoms with Crippen molar-refractivity contribution in [3.05, 3.63) is 29.1 Å². The van der Waals surface area contributed by atoms with Crippen molar-refractivity contribution < 1.29 is 9.47 Å². The number of thioether (sulfide) groups is 1. The van der Waals surface area contributed by atoms with E-state index in [2.05, 4.69) is 23.2 Å². The van der Waals surface area contributed by atoms with Gasteiger partial charge >= 0.3 is 0 Å². The predicted molar refractivity (Wildman–Crippen MR) is 84.2 cm³/mol. The van der Waals surface area contributed by atoms with Crippen molar-refractivity contribution in [3.8, 4) is 11.5 Å². The van der Waals surface area contributed by atoms with Crippen molar-refractivity contribution in [1.82, 2.24) is 14.9 Å². The highest BCUT2D eigenvalue weighted by Gasteiger charge is 2.36. The molecule has 1 atom stereocenters. The fourth-order valence-electron chi connectivity index (χ4n) is 2.94. The number of aromatic nitrogens is 3. The van der Waals surface area contributed by atoms with Crippen LogP contribution in [0.15, 0.2) is 22.4 Å². The van der Waals surface area contributed by atoms with Gasteiger partial charge in [-0.05, 0) is 24.1 Å². The van der Waals surface area contributed by atoms with Crippen molar-refractivity contribution in [2.75, 3.05) is 14.2 Å². The molecule has 7 heteroatoms. The SMILES string of the molecule is CCc1nnc2n1N=C1c3cc(OC)c(OC)cc3CC1S2. The Labute approximate surface area is 132 Å². The smallest absolute Gasteiger partial charge is 0.212 e. The Hall–Kier alpha value is -2.02. The first-order valence-corrected chi connectivity index (χ1v) is 8.08. The second-order valence-electron chi connectivity index (χ2n) is 5.22. The van der Waals surface area contributed by atoms with Crippen LogP contribution in [-0.2, 0) is 12.8 Å². The van der Waals surface area contributed by atoms with Gasteiger partial charge in [-0.1, -0.05) is 18.7 Å². The van der Waals surface area contributed by atoms with Crippen LogP contribution in [0.2, 0.25) is 0 Å². The van der Waals surface area contributed by atoms with E-state index in [0.717, 1.165) is 46.6 Å². The standard InChI is InChI=1S/C15H16N4O2S/c1-4-13-16-17-15-19(13)18-14-9-7-11(21-3)10(20-2)5-8(9)6-12(14)22-15/h5,7,12H,4,6H2,1-3H3. The maximum absolute atomic E-state index is 5.42. The summed E-state index contributed by atoms with van der Waals surface area (Å²) in [6.07, 6.45) is 1.74. The van der Waals surface area contributed by atoms with Crippen molar-refractivity contribution in [1.29, 1.82) is 0 Å². The van der Waals surface area contributed by atoms with Gasteiger partial charge in [0.05, 0.1) is 25.2 Å². The van der Waals surface area contributed by atoms with Gasteiger partial charge < -0.3 is 9.47 Å². The first-order valence-electron chi connectivity index (χ1n) is 7.20. The maximum Gasteiger partial charge on any atom is 0.212 e. The first kappa shape index (κ1) is 13.6. The van der Waals surface area contributed by atoms with E-state index >= 15 is 0 Å². The van der Waals surface area contributed by atoms with E-state index < -0.39 is 0 Å². The second-order valence-corrected chi connectivity index (χ2v) is 6.39. The minimum absolute atomic E-state index is 0.285. The average molecular weight is 316 g/mol. The fourth-order valence-corrected chi connectivity index (χ4v) is 4.08. The molecule has 6 nitrogen and oxygen atoms in total. The normalized spacial score (nSPS) is 18.3. The molecule has 0 amide bonds. The number of hydrogen-bond acceptors (Lipinski definition) is 6. The van der Waals surface area contributed by atoms with Crippen LogP contribution in [-0.4, -0.2) is 40.1 Å². The summed E-state index contributed by atoms with van der Waals surface area (Å²) in [6.45, 7) is 2.06. The number of fused-ring (bicyclic) bond motifs is 4. The average Bonchev–Trinajstić information content (AvgIpc) is 3.10. The Balaban J connectivity index is 1.85. The Bertz CT molecular complexity index is 784. The van der Waals surface area contributed by atoms with Crippen LogP contribution in [0.4, 0.5) is 0 Å². The zero-order chi connectivity index (χ0) is 15.3. The maximum atomic E-state index is 5.42. The zero-order valence-corrected chi connectivity index (χ0v) is 13.5. The summed E-state index contributed by atoms with van der Waals surface area (Å²) in [5.74, 6) is 2.39. The molecule has 2 heterocycles. The van der Waals surface area contributed by atoms with Gasteiger partial charge in [0.25, 0.3) is 0 Å². The quantitative estimate of drug-likeness (QED) is 0.868. The molecule has 0 saturated carbocycles. The van der Waals surface area contributed by atoms with E-state index in [-0.39, 0.29) is 5.25 Å². The van der Waals surface area contributed by atoms with Gasteiger partial charge in [0.1, 0.15) is 0 Å². The Morgan fingerprint density at radius 3 is 2.73 bits per heavy atom. The van der Waals surface area contributed by atoms with Crippen LogP contribution in [0, 0.1) is 0 Å². The van der Waals surface area contributed by atoms with Crippen molar-refractivity contribution in [2.24, 2.45) is 5.10 Å². The Kier molecular flexibility index (Phi) is 3.11. The van der Waals surface area contributed by atoms with Crippen LogP contribution in [0.5, 0.6) is 11.5 Å². The Morgan fingerprint density at radius 2 is 2.00 bits per heavy atom. The van der Waals surface area contributed by atoms with Crippen LogP contribution in [0.1, 0.15) is 23.9 Å². The third kappa shape index (κ3) is 1.85. The lowest BCUT2D eigenvalue weighted by Crippen LogP contribution is -2.20. The molecule has 2 aromatic rings. The monoisotopic (exact) mass is 316 g/mol. The van der Waals surface area contributed by atoms with E-state index in [9.17, 15) is 0 Å². The Morgan fingerprint density at radius 1 is 1.23 bits per heavy atom. The van der Waals surface area contributed by atoms with Gasteiger partial charge in [0, 0.05) is 12.0 Å². The molecule has 1 aliphatic heterocycles. The summed E-state index contributed by atoms with van der Waals surface area (Å²) in [6, 6.07) is 4.08. The molecule has 1 aromatic carbocycles. The molecule has 4 rings (SSSR count). The van der Waals surface area contributed by atoms with E-state index in [4.69, 9.17) is 14.6 Å². The summed E-state index contributed by atoms with van der Waals surface area (Å²) in [4.78, 5) is 0. The summed E-state index contributed by atoms with van der Waals surface area (Å²) >= 11 is 1.72. The van der Waals surface area contributed by atoms with Gasteiger partial charge in [0.15, 0.2) is 17.3 Å². The third-order valence-electron chi connectivity index (χ3n) is 4.04. The number of nitrogens with zero attached hydrogens (tertiary/aromatic N) is 4. The highest BCUT2D eigenvalue weighted by molar-refractivity contribution is 8.00. The summed E-state index contributed by atoms with van der Waals surface area (Å²) < 4.78 is 12.7. The molecule has 0 radical (unpaired) electrons. The predicted octanol–water partition coefficient (Wildman–Crippen LogP) is 2.14. The second kappa shape index (κ2) is 5.01. The minimum Gasteiger partial charge on any atom is -0.493 e. The molecule has 0 saturated heterocycles. The van der Waals surface area contributed by atoms with Gasteiger partial charge in [-0.3, -0.25) is 0 Å². The van der Waals surface area contributed by atoms with Gasteiger partial charge in [-0.25, -0.2) is 0 Å². The molecule has 0 spiro atoms. The first-order chi connectivity index (χ1) is 10.7. The van der Waals surface area contributed by atoms with Crippen LogP contribution >= 0.6 is 11.8 Å². The molecule has 0 fully saturated rings. The van der Waals surface area contributed by atoms with E-state index in [1.807, 2.05) is 10.7 Å². The summed E-state index contributed by atoms with van der Waals surface area (Å²) in [5, 5.41) is 14.4. The number of rotatable bonds is 3. The van der Waals surface area contributed by atoms with Crippen LogP contribution < -0.4 is 9.47 Å². The lowest BCUT2D eigenvalue weighted by atomic mass is 10.1. The molecular weight excluding hydrogens is 300 g/mol. The largest absolute Gasteiger partial charge is 0.493 e. The van der Waals surface area contributed by atoms with E-state index in [1.165, 1.54) is 5.56 Å². The highest BCUT2D eigenvalue weighted by atomic mass is 32.2. The molecule has 1 unspecified atom stereocenters. The fraction of sp³-hybridized carbons (Fsp3) is 0.400. The minimum atomic E-state index is 0.285. The number of methoxy groups -OCH3 is 2. The third-order valence-corrected chi connectivity index (χ3v) is 5.18. The number of benzene rings is 1. The number of ether oxygens (including phenoxy) is 2. The zero-order valence-electron chi connectivity index (χ0n) is 12.7. The van der Waals surface area contributed by atoms with E-state index in [1.54, 1.807) is 26.0 Å². The van der Waals surface area contributed by atoms with Crippen LogP contribution in [0.3, 0.4) is 0 Å². The number of hydrogen-bond donors (Lipinski definition) is 0. The van der Waals surface area contributed by atoms with Crippen LogP contribution in [0.25, 0.3) is 0 Å². The van der Waals surface area contributed by atoms with Crippen molar-refractivity contribution >= 4 is 17.5 Å². The highest BCUT2D eigenvalue weighted by Crippen LogP contribution is 2.41. The molecule has 2 aliphatic rings. The molecule has 1 aromatic heterocycles. The number of aryl methyl sites for hydroxylation is 1. The van der Waals surface area contributed by atoms with Crippen molar-refractivity contribution in [3.63, 3.8) is 0 Å². The van der Waals surface area contributed by atoms with E-state index in [0.29, 0.717) is 0 Å². The molecule has 0 N–H and O–H groups in total. The topological polar surface area (TPSA) is 61.5 Å². The molecule has 114 valence electrons. The molecule has 22 heavy (non-hydrogen) atoms. The lowest BCUT2D eigenvalue weighted by Gasteiger charge is -2.17. The molecular formula is C15H16N4O2S. The summed E-state index contributed by atoms with van der Waals surface area (Å²) in [7, 11) is 3.31. The van der Waals surface area contributed by atoms with Crippen molar-refractivity contribution in [2.45, 2.75) is 30.2 Å². The lowest BCUT2D eigenvalue weighted by molar-refractivity contribution is 0.354. The summed E-state index contributed by atoms with van der Waals surface area (Å²) in [5.41, 5.74) is 3.45. The van der Waals surface area contributed by atoms with Gasteiger partial charge in [-0.15, -0.1) is 10.2 Å². The van der Waals surface area contributed by atoms with Gasteiger partial charge in [-0.2, -0.15) is 9.78 Å². The molecule has 1 aliphatic carbocycles.